The number of ether oxygens (including phenoxy) is 1. The second-order valence-electron chi connectivity index (χ2n) is 7.47. The van der Waals surface area contributed by atoms with E-state index in [1.165, 1.54) is 12.1 Å². The Kier molecular flexibility index (Phi) is 6.30. The molecule has 0 unspecified atom stereocenters. The van der Waals surface area contributed by atoms with Crippen molar-refractivity contribution >= 4 is 21.4 Å². The molecule has 8 nitrogen and oxygen atoms in total. The van der Waals surface area contributed by atoms with E-state index < -0.39 is 20.5 Å². The van der Waals surface area contributed by atoms with Gasteiger partial charge in [0.2, 0.25) is 10.0 Å². The molecule has 2 rings (SSSR count). The maximum atomic E-state index is 12.5. The summed E-state index contributed by atoms with van der Waals surface area (Å²) in [5, 5.41) is 11.6. The molecule has 0 aliphatic heterocycles. The van der Waals surface area contributed by atoms with Crippen LogP contribution in [-0.2, 0) is 16.6 Å². The third kappa shape index (κ3) is 5.43. The van der Waals surface area contributed by atoms with E-state index in [4.69, 9.17) is 4.74 Å². The van der Waals surface area contributed by atoms with Crippen LogP contribution in [0.3, 0.4) is 0 Å². The minimum absolute atomic E-state index is 0.146. The standard InChI is InChI=1S/C19H25N3O5S/c1-19(2,3)20-28(25,26)16-9-10-17(18(12-16)22(23)24)21(4)13-14-7-6-8-15(11-14)27-5/h6-12,20H,13H2,1-5H3. The third-order valence-electron chi connectivity index (χ3n) is 3.86. The zero-order valence-corrected chi connectivity index (χ0v) is 17.4. The summed E-state index contributed by atoms with van der Waals surface area (Å²) in [6.45, 7) is 5.50. The van der Waals surface area contributed by atoms with Gasteiger partial charge in [0.05, 0.1) is 16.9 Å². The molecule has 0 aliphatic rings. The van der Waals surface area contributed by atoms with Crippen molar-refractivity contribution in [2.45, 2.75) is 37.8 Å². The molecule has 0 heterocycles. The second kappa shape index (κ2) is 8.15. The summed E-state index contributed by atoms with van der Waals surface area (Å²) in [6.07, 6.45) is 0. The molecule has 0 amide bonds. The first-order chi connectivity index (χ1) is 12.9. The van der Waals surface area contributed by atoms with Gasteiger partial charge in [-0.15, -0.1) is 0 Å². The number of methoxy groups -OCH3 is 1. The molecule has 28 heavy (non-hydrogen) atoms. The van der Waals surface area contributed by atoms with Crippen molar-refractivity contribution in [1.29, 1.82) is 0 Å². The molecule has 2 aromatic rings. The summed E-state index contributed by atoms with van der Waals surface area (Å²) >= 11 is 0. The average molecular weight is 407 g/mol. The number of benzene rings is 2. The molecule has 0 aliphatic carbocycles. The van der Waals surface area contributed by atoms with Gasteiger partial charge in [-0.1, -0.05) is 12.1 Å². The fourth-order valence-electron chi connectivity index (χ4n) is 2.73. The van der Waals surface area contributed by atoms with Crippen molar-refractivity contribution < 1.29 is 18.1 Å². The molecule has 152 valence electrons. The van der Waals surface area contributed by atoms with Crippen LogP contribution in [0.4, 0.5) is 11.4 Å². The van der Waals surface area contributed by atoms with Gasteiger partial charge in [-0.05, 0) is 50.6 Å². The molecule has 0 bridgehead atoms. The van der Waals surface area contributed by atoms with Crippen LogP contribution >= 0.6 is 0 Å². The van der Waals surface area contributed by atoms with E-state index in [-0.39, 0.29) is 10.6 Å². The topological polar surface area (TPSA) is 102 Å². The van der Waals surface area contributed by atoms with Crippen LogP contribution in [-0.4, -0.2) is 33.0 Å². The molecular formula is C19H25N3O5S. The Labute approximate surface area is 165 Å². The summed E-state index contributed by atoms with van der Waals surface area (Å²) in [7, 11) is -0.594. The van der Waals surface area contributed by atoms with Crippen molar-refractivity contribution in [2.24, 2.45) is 0 Å². The zero-order chi connectivity index (χ0) is 21.1. The lowest BCUT2D eigenvalue weighted by Gasteiger charge is -2.22. The Bertz CT molecular complexity index is 968. The van der Waals surface area contributed by atoms with Gasteiger partial charge in [0.15, 0.2) is 0 Å². The van der Waals surface area contributed by atoms with Crippen LogP contribution in [0.1, 0.15) is 26.3 Å². The van der Waals surface area contributed by atoms with Gasteiger partial charge in [0.1, 0.15) is 11.4 Å². The molecule has 0 radical (unpaired) electrons. The van der Waals surface area contributed by atoms with Crippen LogP contribution in [0.25, 0.3) is 0 Å². The Balaban J connectivity index is 2.38. The normalized spacial score (nSPS) is 11.9. The van der Waals surface area contributed by atoms with E-state index in [1.807, 2.05) is 24.3 Å². The highest BCUT2D eigenvalue weighted by Gasteiger charge is 2.26. The Hall–Kier alpha value is -2.65. The monoisotopic (exact) mass is 407 g/mol. The summed E-state index contributed by atoms with van der Waals surface area (Å²) in [4.78, 5) is 12.6. The smallest absolute Gasteiger partial charge is 0.293 e. The Morgan fingerprint density at radius 2 is 1.86 bits per heavy atom. The maximum Gasteiger partial charge on any atom is 0.293 e. The fourth-order valence-corrected chi connectivity index (χ4v) is 4.17. The average Bonchev–Trinajstić information content (AvgIpc) is 2.59. The van der Waals surface area contributed by atoms with E-state index in [0.717, 1.165) is 11.6 Å². The SMILES string of the molecule is COc1cccc(CN(C)c2ccc(S(=O)(=O)NC(C)(C)C)cc2[N+](=O)[O-])c1. The molecular weight excluding hydrogens is 382 g/mol. The lowest BCUT2D eigenvalue weighted by Crippen LogP contribution is -2.40. The van der Waals surface area contributed by atoms with Crippen molar-refractivity contribution in [3.05, 3.63) is 58.1 Å². The van der Waals surface area contributed by atoms with Gasteiger partial charge in [0, 0.05) is 25.2 Å². The highest BCUT2D eigenvalue weighted by Crippen LogP contribution is 2.31. The summed E-state index contributed by atoms with van der Waals surface area (Å²) in [5.74, 6) is 0.690. The minimum Gasteiger partial charge on any atom is -0.497 e. The molecule has 0 aromatic heterocycles. The number of nitrogens with zero attached hydrogens (tertiary/aromatic N) is 2. The number of rotatable bonds is 7. The van der Waals surface area contributed by atoms with E-state index >= 15 is 0 Å². The predicted molar refractivity (Wildman–Crippen MR) is 108 cm³/mol. The van der Waals surface area contributed by atoms with E-state index in [2.05, 4.69) is 4.72 Å². The molecule has 1 N–H and O–H groups in total. The van der Waals surface area contributed by atoms with Crippen molar-refractivity contribution in [3.8, 4) is 5.75 Å². The van der Waals surface area contributed by atoms with Crippen LogP contribution in [0.15, 0.2) is 47.4 Å². The molecule has 0 atom stereocenters. The van der Waals surface area contributed by atoms with Gasteiger partial charge in [0.25, 0.3) is 5.69 Å². The molecule has 0 spiro atoms. The largest absolute Gasteiger partial charge is 0.497 e. The zero-order valence-electron chi connectivity index (χ0n) is 16.6. The lowest BCUT2D eigenvalue weighted by molar-refractivity contribution is -0.384. The van der Waals surface area contributed by atoms with Crippen molar-refractivity contribution in [3.63, 3.8) is 0 Å². The molecule has 0 fully saturated rings. The summed E-state index contributed by atoms with van der Waals surface area (Å²) in [5.41, 5.74) is 0.252. The van der Waals surface area contributed by atoms with Crippen molar-refractivity contribution in [1.82, 2.24) is 4.72 Å². The first kappa shape index (κ1) is 21.6. The van der Waals surface area contributed by atoms with E-state index in [0.29, 0.717) is 18.0 Å². The number of nitrogens with one attached hydrogen (secondary N) is 1. The number of hydrogen-bond acceptors (Lipinski definition) is 6. The molecule has 0 saturated heterocycles. The van der Waals surface area contributed by atoms with Crippen LogP contribution in [0.2, 0.25) is 0 Å². The number of nitro benzene ring substituents is 1. The van der Waals surface area contributed by atoms with Gasteiger partial charge in [-0.2, -0.15) is 0 Å². The summed E-state index contributed by atoms with van der Waals surface area (Å²) in [6, 6.07) is 11.3. The Morgan fingerprint density at radius 3 is 2.43 bits per heavy atom. The lowest BCUT2D eigenvalue weighted by atomic mass is 10.1. The van der Waals surface area contributed by atoms with E-state index in [9.17, 15) is 18.5 Å². The Morgan fingerprint density at radius 1 is 1.18 bits per heavy atom. The predicted octanol–water partition coefficient (Wildman–Crippen LogP) is 3.32. The van der Waals surface area contributed by atoms with Gasteiger partial charge < -0.3 is 9.64 Å². The third-order valence-corrected chi connectivity index (χ3v) is 5.62. The minimum atomic E-state index is -3.87. The number of hydrogen-bond donors (Lipinski definition) is 1. The van der Waals surface area contributed by atoms with E-state index in [1.54, 1.807) is 39.8 Å². The first-order valence-electron chi connectivity index (χ1n) is 8.59. The molecule has 0 saturated carbocycles. The van der Waals surface area contributed by atoms with Gasteiger partial charge >= 0.3 is 0 Å². The number of anilines is 1. The second-order valence-corrected chi connectivity index (χ2v) is 9.15. The summed E-state index contributed by atoms with van der Waals surface area (Å²) < 4.78 is 32.7. The van der Waals surface area contributed by atoms with Gasteiger partial charge in [-0.25, -0.2) is 13.1 Å². The van der Waals surface area contributed by atoms with Crippen LogP contribution < -0.4 is 14.4 Å². The van der Waals surface area contributed by atoms with Crippen LogP contribution in [0.5, 0.6) is 5.75 Å². The quantitative estimate of drug-likeness (QED) is 0.558. The van der Waals surface area contributed by atoms with Gasteiger partial charge in [-0.3, -0.25) is 10.1 Å². The maximum absolute atomic E-state index is 12.5. The number of nitro groups is 1. The first-order valence-corrected chi connectivity index (χ1v) is 10.1. The number of sulfonamides is 1. The fraction of sp³-hybridized carbons (Fsp3) is 0.368. The van der Waals surface area contributed by atoms with Crippen molar-refractivity contribution in [2.75, 3.05) is 19.1 Å². The highest BCUT2D eigenvalue weighted by atomic mass is 32.2. The van der Waals surface area contributed by atoms with Crippen LogP contribution in [0, 0.1) is 10.1 Å². The molecule has 9 heteroatoms. The highest BCUT2D eigenvalue weighted by molar-refractivity contribution is 7.89. The molecule has 2 aromatic carbocycles.